The van der Waals surface area contributed by atoms with Crippen molar-refractivity contribution in [1.82, 2.24) is 19.6 Å². The number of nitrogens with zero attached hydrogens (tertiary/aromatic N) is 4. The van der Waals surface area contributed by atoms with Crippen molar-refractivity contribution in [2.24, 2.45) is 13.0 Å². The van der Waals surface area contributed by atoms with E-state index < -0.39 is 0 Å². The van der Waals surface area contributed by atoms with E-state index in [4.69, 9.17) is 0 Å². The molecule has 0 bridgehead atoms. The molecule has 1 saturated heterocycles. The topological polar surface area (TPSA) is 41.4 Å². The van der Waals surface area contributed by atoms with Crippen molar-refractivity contribution in [3.8, 4) is 0 Å². The van der Waals surface area contributed by atoms with Gasteiger partial charge in [-0.05, 0) is 91.9 Å². The first-order chi connectivity index (χ1) is 15.5. The van der Waals surface area contributed by atoms with Gasteiger partial charge in [0.25, 0.3) is 5.91 Å². The van der Waals surface area contributed by atoms with Gasteiger partial charge in [-0.25, -0.2) is 0 Å². The maximum absolute atomic E-state index is 13.3. The van der Waals surface area contributed by atoms with Crippen LogP contribution in [-0.2, 0) is 11.8 Å². The molecule has 1 fully saturated rings. The van der Waals surface area contributed by atoms with Crippen LogP contribution in [0.25, 0.3) is 16.5 Å². The summed E-state index contributed by atoms with van der Waals surface area (Å²) in [5.41, 5.74) is 6.24. The number of amides is 1. The lowest BCUT2D eigenvalue weighted by Crippen LogP contribution is -2.35. The molecule has 5 nitrogen and oxygen atoms in total. The van der Waals surface area contributed by atoms with Crippen molar-refractivity contribution in [2.75, 3.05) is 19.6 Å². The Kier molecular flexibility index (Phi) is 5.43. The second-order valence-corrected chi connectivity index (χ2v) is 8.96. The van der Waals surface area contributed by atoms with Crippen LogP contribution in [0.4, 0.5) is 0 Å². The number of benzene rings is 1. The molecule has 0 N–H and O–H groups in total. The van der Waals surface area contributed by atoms with Crippen molar-refractivity contribution >= 4 is 22.4 Å². The Morgan fingerprint density at radius 2 is 1.94 bits per heavy atom. The number of hydrogen-bond donors (Lipinski definition) is 0. The monoisotopic (exact) mass is 426 g/mol. The Morgan fingerprint density at radius 1 is 1.12 bits per heavy atom. The summed E-state index contributed by atoms with van der Waals surface area (Å²) in [7, 11) is 1.93. The number of fused-ring (bicyclic) bond motifs is 2. The average molecular weight is 427 g/mol. The molecular weight excluding hydrogens is 396 g/mol. The lowest BCUT2D eigenvalue weighted by Gasteiger charge is -2.34. The Bertz CT molecular complexity index is 1220. The highest BCUT2D eigenvalue weighted by Crippen LogP contribution is 2.31. The molecule has 1 aromatic heterocycles. The fraction of sp³-hybridized carbons (Fsp3) is 0.333. The number of carbonyl (C=O) groups excluding carboxylic acids is 1. The van der Waals surface area contributed by atoms with Gasteiger partial charge in [-0.2, -0.15) is 5.10 Å². The fourth-order valence-corrected chi connectivity index (χ4v) is 4.96. The normalized spacial score (nSPS) is 24.3. The molecule has 32 heavy (non-hydrogen) atoms. The van der Waals surface area contributed by atoms with Gasteiger partial charge >= 0.3 is 0 Å². The molecule has 1 amide bonds. The number of allylic oxidation sites excluding steroid dienone is 7. The van der Waals surface area contributed by atoms with Crippen LogP contribution in [0.2, 0.25) is 0 Å². The standard InChI is InChI=1S/C27H30N4O/c1-4-30-12-10-20(11-13-30)22-8-9-25-7-5-6-21(16-26(32)31(25)18-22)23-14-19(2)27-24(15-23)17-29(3)28-27/h5-9,14-18,20H,4,10-13H2,1-3H3/b6-5+,21-16+,25-7+. The summed E-state index contributed by atoms with van der Waals surface area (Å²) in [6.45, 7) is 7.67. The zero-order valence-electron chi connectivity index (χ0n) is 19.1. The second-order valence-electron chi connectivity index (χ2n) is 8.96. The second kappa shape index (κ2) is 8.40. The molecule has 0 spiro atoms. The summed E-state index contributed by atoms with van der Waals surface area (Å²) in [6.07, 6.45) is 18.5. The first-order valence-electron chi connectivity index (χ1n) is 11.5. The minimum atomic E-state index is -0.00705. The molecule has 0 aliphatic carbocycles. The van der Waals surface area contributed by atoms with Gasteiger partial charge in [0.05, 0.1) is 5.52 Å². The minimum Gasteiger partial charge on any atom is -0.304 e. The third kappa shape index (κ3) is 3.89. The van der Waals surface area contributed by atoms with Gasteiger partial charge in [-0.3, -0.25) is 14.4 Å². The average Bonchev–Trinajstić information content (AvgIpc) is 3.18. The predicted molar refractivity (Wildman–Crippen MR) is 130 cm³/mol. The summed E-state index contributed by atoms with van der Waals surface area (Å²) in [5.74, 6) is 0.510. The Balaban J connectivity index is 1.45. The number of carbonyl (C=O) groups is 1. The number of rotatable bonds is 3. The molecule has 1 aromatic carbocycles. The van der Waals surface area contributed by atoms with Crippen LogP contribution in [-0.4, -0.2) is 45.1 Å². The van der Waals surface area contributed by atoms with Crippen LogP contribution in [0.15, 0.2) is 72.3 Å². The summed E-state index contributed by atoms with van der Waals surface area (Å²) >= 11 is 0. The number of aryl methyl sites for hydroxylation is 2. The van der Waals surface area contributed by atoms with Crippen LogP contribution >= 0.6 is 0 Å². The van der Waals surface area contributed by atoms with Gasteiger partial charge in [0.1, 0.15) is 0 Å². The molecule has 0 saturated carbocycles. The van der Waals surface area contributed by atoms with Crippen LogP contribution in [0.3, 0.4) is 0 Å². The highest BCUT2D eigenvalue weighted by Gasteiger charge is 2.25. The number of piperidine rings is 1. The zero-order chi connectivity index (χ0) is 22.2. The van der Waals surface area contributed by atoms with Crippen molar-refractivity contribution in [3.05, 3.63) is 83.4 Å². The lowest BCUT2D eigenvalue weighted by atomic mass is 9.88. The largest absolute Gasteiger partial charge is 0.304 e. The quantitative estimate of drug-likeness (QED) is 0.712. The third-order valence-corrected chi connectivity index (χ3v) is 6.82. The molecule has 0 atom stereocenters. The van der Waals surface area contributed by atoms with E-state index in [1.807, 2.05) is 36.2 Å². The molecule has 3 aliphatic heterocycles. The summed E-state index contributed by atoms with van der Waals surface area (Å²) < 4.78 is 1.83. The van der Waals surface area contributed by atoms with E-state index in [9.17, 15) is 4.79 Å². The van der Waals surface area contributed by atoms with E-state index in [1.165, 1.54) is 5.57 Å². The maximum Gasteiger partial charge on any atom is 0.255 e. The maximum atomic E-state index is 13.3. The fourth-order valence-electron chi connectivity index (χ4n) is 4.96. The number of hydrogen-bond acceptors (Lipinski definition) is 3. The van der Waals surface area contributed by atoms with E-state index in [1.54, 1.807) is 11.0 Å². The Morgan fingerprint density at radius 3 is 2.72 bits per heavy atom. The number of likely N-dealkylation sites (tertiary alicyclic amines) is 1. The van der Waals surface area contributed by atoms with Gasteiger partial charge in [0.15, 0.2) is 0 Å². The van der Waals surface area contributed by atoms with Crippen molar-refractivity contribution < 1.29 is 4.79 Å². The van der Waals surface area contributed by atoms with Crippen LogP contribution in [0.1, 0.15) is 30.9 Å². The summed E-state index contributed by atoms with van der Waals surface area (Å²) in [6, 6.07) is 4.23. The van der Waals surface area contributed by atoms with E-state index in [0.717, 1.165) is 65.8 Å². The predicted octanol–water partition coefficient (Wildman–Crippen LogP) is 4.73. The number of aromatic nitrogens is 2. The van der Waals surface area contributed by atoms with Gasteiger partial charge in [0.2, 0.25) is 0 Å². The molecule has 2 aromatic rings. The molecule has 0 radical (unpaired) electrons. The highest BCUT2D eigenvalue weighted by molar-refractivity contribution is 6.01. The van der Waals surface area contributed by atoms with Crippen molar-refractivity contribution in [3.63, 3.8) is 0 Å². The SMILES string of the molecule is CCN1CCC(C2=CN3C(=O)\C=C(c4cc(C)c5nn(C)cc5c4)/C=C/C=C/3C=C2)CC1. The van der Waals surface area contributed by atoms with Gasteiger partial charge in [-0.1, -0.05) is 25.2 Å². The summed E-state index contributed by atoms with van der Waals surface area (Å²) in [5, 5.41) is 5.63. The smallest absolute Gasteiger partial charge is 0.255 e. The zero-order valence-corrected chi connectivity index (χ0v) is 19.1. The minimum absolute atomic E-state index is 0.00705. The van der Waals surface area contributed by atoms with Crippen LogP contribution in [0.5, 0.6) is 0 Å². The van der Waals surface area contributed by atoms with Crippen LogP contribution < -0.4 is 0 Å². The first kappa shape index (κ1) is 20.7. The molecule has 5 rings (SSSR count). The summed E-state index contributed by atoms with van der Waals surface area (Å²) in [4.78, 5) is 17.6. The molecule has 5 heteroatoms. The van der Waals surface area contributed by atoms with E-state index >= 15 is 0 Å². The van der Waals surface area contributed by atoms with E-state index in [2.05, 4.69) is 54.3 Å². The Hall–Kier alpha value is -3.18. The lowest BCUT2D eigenvalue weighted by molar-refractivity contribution is -0.122. The first-order valence-corrected chi connectivity index (χ1v) is 11.5. The van der Waals surface area contributed by atoms with Crippen LogP contribution in [0, 0.1) is 12.8 Å². The molecule has 3 aliphatic rings. The Labute approximate surface area is 189 Å². The van der Waals surface area contributed by atoms with Crippen molar-refractivity contribution in [2.45, 2.75) is 26.7 Å². The van der Waals surface area contributed by atoms with E-state index in [0.29, 0.717) is 5.92 Å². The molecular formula is C27H30N4O. The van der Waals surface area contributed by atoms with Gasteiger partial charge in [0, 0.05) is 36.6 Å². The van der Waals surface area contributed by atoms with Crippen molar-refractivity contribution in [1.29, 1.82) is 0 Å². The molecule has 4 heterocycles. The van der Waals surface area contributed by atoms with E-state index in [-0.39, 0.29) is 5.91 Å². The van der Waals surface area contributed by atoms with Gasteiger partial charge < -0.3 is 4.90 Å². The van der Waals surface area contributed by atoms with Gasteiger partial charge in [-0.15, -0.1) is 0 Å². The third-order valence-electron chi connectivity index (χ3n) is 6.82. The molecule has 0 unspecified atom stereocenters. The molecule has 164 valence electrons. The highest BCUT2D eigenvalue weighted by atomic mass is 16.2.